The van der Waals surface area contributed by atoms with E-state index in [1.54, 1.807) is 24.0 Å². The van der Waals surface area contributed by atoms with Crippen LogP contribution in [0.15, 0.2) is 24.3 Å². The lowest BCUT2D eigenvalue weighted by molar-refractivity contribution is -0.0499. The third-order valence-corrected chi connectivity index (χ3v) is 3.99. The fourth-order valence-corrected chi connectivity index (χ4v) is 2.72. The Morgan fingerprint density at radius 1 is 1.52 bits per heavy atom. The fraction of sp³-hybridized carbons (Fsp3) is 0.562. The van der Waals surface area contributed by atoms with Crippen molar-refractivity contribution in [2.24, 2.45) is 5.92 Å². The predicted octanol–water partition coefficient (Wildman–Crippen LogP) is 2.76. The average Bonchev–Trinajstić information content (AvgIpc) is 2.54. The summed E-state index contributed by atoms with van der Waals surface area (Å²) in [6.45, 7) is 0.172. The molecule has 0 aliphatic carbocycles. The van der Waals surface area contributed by atoms with Gasteiger partial charge >= 0.3 is 12.6 Å². The van der Waals surface area contributed by atoms with Gasteiger partial charge < -0.3 is 20.1 Å². The number of hydrogen-bond acceptors (Lipinski definition) is 3. The van der Waals surface area contributed by atoms with Crippen LogP contribution in [-0.2, 0) is 0 Å². The van der Waals surface area contributed by atoms with Crippen molar-refractivity contribution in [1.29, 1.82) is 0 Å². The Morgan fingerprint density at radius 2 is 2.30 bits per heavy atom. The summed E-state index contributed by atoms with van der Waals surface area (Å²) in [6.07, 6.45) is 1.79. The summed E-state index contributed by atoms with van der Waals surface area (Å²) in [4.78, 5) is 14.0. The van der Waals surface area contributed by atoms with Crippen molar-refractivity contribution in [2.45, 2.75) is 32.4 Å². The maximum Gasteiger partial charge on any atom is 0.387 e. The zero-order chi connectivity index (χ0) is 16.8. The van der Waals surface area contributed by atoms with Gasteiger partial charge in [0.05, 0.1) is 6.04 Å². The molecule has 128 valence electrons. The summed E-state index contributed by atoms with van der Waals surface area (Å²) in [5.74, 6) is 0.185. The third-order valence-electron chi connectivity index (χ3n) is 3.99. The van der Waals surface area contributed by atoms with Gasteiger partial charge in [0.2, 0.25) is 0 Å². The SMILES string of the molecule is CC(NC(=O)N1CCCC(CO)C1)c1cccc(OC(F)F)c1. The van der Waals surface area contributed by atoms with Gasteiger partial charge in [-0.2, -0.15) is 8.78 Å². The van der Waals surface area contributed by atoms with Gasteiger partial charge in [-0.25, -0.2) is 4.79 Å². The summed E-state index contributed by atoms with van der Waals surface area (Å²) in [7, 11) is 0. The quantitative estimate of drug-likeness (QED) is 0.874. The molecule has 5 nitrogen and oxygen atoms in total. The molecule has 1 aliphatic heterocycles. The molecule has 0 spiro atoms. The number of halogens is 2. The van der Waals surface area contributed by atoms with E-state index < -0.39 is 6.61 Å². The van der Waals surface area contributed by atoms with Gasteiger partial charge in [-0.1, -0.05) is 12.1 Å². The number of urea groups is 1. The maximum absolute atomic E-state index is 12.3. The number of benzene rings is 1. The standard InChI is InChI=1S/C16H22F2N2O3/c1-11(13-5-2-6-14(8-13)23-15(17)18)19-16(22)20-7-3-4-12(9-20)10-21/h2,5-6,8,11-12,15,21H,3-4,7,9-10H2,1H3,(H,19,22). The molecule has 2 amide bonds. The van der Waals surface area contributed by atoms with E-state index in [4.69, 9.17) is 0 Å². The number of aliphatic hydroxyl groups is 1. The van der Waals surface area contributed by atoms with Crippen LogP contribution in [0.2, 0.25) is 0 Å². The highest BCUT2D eigenvalue weighted by molar-refractivity contribution is 5.74. The minimum atomic E-state index is -2.88. The average molecular weight is 328 g/mol. The van der Waals surface area contributed by atoms with Crippen molar-refractivity contribution >= 4 is 6.03 Å². The molecule has 2 rings (SSSR count). The van der Waals surface area contributed by atoms with Crippen molar-refractivity contribution in [1.82, 2.24) is 10.2 Å². The Kier molecular flexibility index (Phi) is 6.15. The third kappa shape index (κ3) is 5.06. The first-order valence-electron chi connectivity index (χ1n) is 7.70. The molecule has 0 bridgehead atoms. The number of aliphatic hydroxyl groups excluding tert-OH is 1. The van der Waals surface area contributed by atoms with Crippen molar-refractivity contribution in [2.75, 3.05) is 19.7 Å². The van der Waals surface area contributed by atoms with Gasteiger partial charge in [0.1, 0.15) is 5.75 Å². The molecule has 0 saturated carbocycles. The first kappa shape index (κ1) is 17.5. The van der Waals surface area contributed by atoms with Crippen molar-refractivity contribution in [3.63, 3.8) is 0 Å². The van der Waals surface area contributed by atoms with Crippen LogP contribution in [0.3, 0.4) is 0 Å². The predicted molar refractivity (Wildman–Crippen MR) is 81.4 cm³/mol. The maximum atomic E-state index is 12.3. The van der Waals surface area contributed by atoms with Crippen LogP contribution >= 0.6 is 0 Å². The molecule has 1 heterocycles. The lowest BCUT2D eigenvalue weighted by Gasteiger charge is -2.32. The smallest absolute Gasteiger partial charge is 0.387 e. The van der Waals surface area contributed by atoms with Crippen LogP contribution in [0.4, 0.5) is 13.6 Å². The van der Waals surface area contributed by atoms with Crippen LogP contribution in [0.5, 0.6) is 5.75 Å². The molecule has 1 saturated heterocycles. The summed E-state index contributed by atoms with van der Waals surface area (Å²) in [5, 5.41) is 12.1. The monoisotopic (exact) mass is 328 g/mol. The van der Waals surface area contributed by atoms with E-state index in [1.807, 2.05) is 0 Å². The van der Waals surface area contributed by atoms with E-state index >= 15 is 0 Å². The van der Waals surface area contributed by atoms with E-state index in [1.165, 1.54) is 12.1 Å². The van der Waals surface area contributed by atoms with Gasteiger partial charge in [0, 0.05) is 19.7 Å². The molecule has 0 aromatic heterocycles. The summed E-state index contributed by atoms with van der Waals surface area (Å²) in [6, 6.07) is 5.74. The normalized spacial score (nSPS) is 19.5. The van der Waals surface area contributed by atoms with Gasteiger partial charge in [0.15, 0.2) is 0 Å². The molecule has 0 radical (unpaired) electrons. The number of alkyl halides is 2. The highest BCUT2D eigenvalue weighted by Crippen LogP contribution is 2.21. The van der Waals surface area contributed by atoms with Crippen LogP contribution < -0.4 is 10.1 Å². The van der Waals surface area contributed by atoms with Crippen molar-refractivity contribution < 1.29 is 23.4 Å². The number of rotatable bonds is 5. The van der Waals surface area contributed by atoms with E-state index in [2.05, 4.69) is 10.1 Å². The van der Waals surface area contributed by atoms with E-state index in [0.29, 0.717) is 18.7 Å². The first-order chi connectivity index (χ1) is 11.0. The Bertz CT molecular complexity index is 528. The molecule has 23 heavy (non-hydrogen) atoms. The highest BCUT2D eigenvalue weighted by atomic mass is 19.3. The van der Waals surface area contributed by atoms with Gasteiger partial charge in [-0.05, 0) is 43.4 Å². The number of likely N-dealkylation sites (tertiary alicyclic amines) is 1. The Labute approximate surface area is 134 Å². The van der Waals surface area contributed by atoms with Crippen molar-refractivity contribution in [3.8, 4) is 5.75 Å². The minimum absolute atomic E-state index is 0.0666. The van der Waals surface area contributed by atoms with Gasteiger partial charge in [-0.15, -0.1) is 0 Å². The molecule has 1 aromatic carbocycles. The molecule has 2 unspecified atom stereocenters. The van der Waals surface area contributed by atoms with Crippen LogP contribution in [0.25, 0.3) is 0 Å². The highest BCUT2D eigenvalue weighted by Gasteiger charge is 2.24. The van der Waals surface area contributed by atoms with E-state index in [9.17, 15) is 18.7 Å². The summed E-state index contributed by atoms with van der Waals surface area (Å²) < 4.78 is 28.9. The van der Waals surface area contributed by atoms with Crippen molar-refractivity contribution in [3.05, 3.63) is 29.8 Å². The topological polar surface area (TPSA) is 61.8 Å². The summed E-state index contributed by atoms with van der Waals surface area (Å²) >= 11 is 0. The largest absolute Gasteiger partial charge is 0.435 e. The zero-order valence-electron chi connectivity index (χ0n) is 13.0. The molecule has 2 atom stereocenters. The Morgan fingerprint density at radius 3 is 3.00 bits per heavy atom. The second kappa shape index (κ2) is 8.10. The molecule has 7 heteroatoms. The number of hydrogen-bond donors (Lipinski definition) is 2. The minimum Gasteiger partial charge on any atom is -0.435 e. The zero-order valence-corrected chi connectivity index (χ0v) is 13.0. The van der Waals surface area contributed by atoms with E-state index in [0.717, 1.165) is 12.8 Å². The number of nitrogens with zero attached hydrogens (tertiary/aromatic N) is 1. The summed E-state index contributed by atoms with van der Waals surface area (Å²) in [5.41, 5.74) is 0.687. The van der Waals surface area contributed by atoms with E-state index in [-0.39, 0.29) is 30.3 Å². The molecule has 1 fully saturated rings. The molecule has 2 N–H and O–H groups in total. The number of carbonyl (C=O) groups excluding carboxylic acids is 1. The van der Waals surface area contributed by atoms with Gasteiger partial charge in [0.25, 0.3) is 0 Å². The van der Waals surface area contributed by atoms with Crippen LogP contribution in [0, 0.1) is 5.92 Å². The number of carbonyl (C=O) groups is 1. The lowest BCUT2D eigenvalue weighted by atomic mass is 9.99. The number of amides is 2. The first-order valence-corrected chi connectivity index (χ1v) is 7.70. The molecule has 1 aliphatic rings. The number of nitrogens with one attached hydrogen (secondary N) is 1. The lowest BCUT2D eigenvalue weighted by Crippen LogP contribution is -2.46. The fourth-order valence-electron chi connectivity index (χ4n) is 2.72. The van der Waals surface area contributed by atoms with Crippen LogP contribution in [-0.4, -0.2) is 42.3 Å². The second-order valence-electron chi connectivity index (χ2n) is 5.76. The number of piperidine rings is 1. The Hall–Kier alpha value is -1.89. The number of ether oxygens (including phenoxy) is 1. The molecular weight excluding hydrogens is 306 g/mol. The van der Waals surface area contributed by atoms with Crippen LogP contribution in [0.1, 0.15) is 31.4 Å². The molecule has 1 aromatic rings. The molecular formula is C16H22F2N2O3. The van der Waals surface area contributed by atoms with Gasteiger partial charge in [-0.3, -0.25) is 0 Å². The second-order valence-corrected chi connectivity index (χ2v) is 5.76. The Balaban J connectivity index is 1.95.